The second-order valence-electron chi connectivity index (χ2n) is 7.02. The number of esters is 2. The van der Waals surface area contributed by atoms with Crippen LogP contribution in [0.15, 0.2) is 18.2 Å². The molecule has 0 radical (unpaired) electrons. The average Bonchev–Trinajstić information content (AvgIpc) is 2.73. The Labute approximate surface area is 142 Å². The maximum atomic E-state index is 13.0. The first-order valence-electron chi connectivity index (χ1n) is 8.02. The van der Waals surface area contributed by atoms with Crippen molar-refractivity contribution in [1.29, 1.82) is 0 Å². The zero-order valence-corrected chi connectivity index (χ0v) is 15.0. The molecule has 0 bridgehead atoms. The van der Waals surface area contributed by atoms with Crippen molar-refractivity contribution in [2.24, 2.45) is 17.8 Å². The van der Waals surface area contributed by atoms with E-state index in [0.717, 1.165) is 11.1 Å². The van der Waals surface area contributed by atoms with Crippen LogP contribution in [0.1, 0.15) is 42.3 Å². The molecule has 0 amide bonds. The smallest absolute Gasteiger partial charge is 0.321 e. The highest BCUT2D eigenvalue weighted by Gasteiger charge is 2.57. The SMILES string of the molecule is COC(=O)[C@@H]1C(=O)OC(C)(C)[C@@H]1[C@@H](C)C(=O)c1ccc(C)cc1C. The topological polar surface area (TPSA) is 69.7 Å². The summed E-state index contributed by atoms with van der Waals surface area (Å²) in [4.78, 5) is 37.2. The van der Waals surface area contributed by atoms with E-state index in [0.29, 0.717) is 5.56 Å². The van der Waals surface area contributed by atoms with Gasteiger partial charge in [0.15, 0.2) is 11.7 Å². The molecule has 0 aliphatic carbocycles. The van der Waals surface area contributed by atoms with Crippen LogP contribution in [-0.2, 0) is 19.1 Å². The van der Waals surface area contributed by atoms with E-state index in [1.54, 1.807) is 26.8 Å². The molecule has 24 heavy (non-hydrogen) atoms. The molecule has 5 heteroatoms. The van der Waals surface area contributed by atoms with Crippen molar-refractivity contribution >= 4 is 17.7 Å². The van der Waals surface area contributed by atoms with Crippen molar-refractivity contribution in [3.63, 3.8) is 0 Å². The van der Waals surface area contributed by atoms with Crippen molar-refractivity contribution in [2.75, 3.05) is 7.11 Å². The summed E-state index contributed by atoms with van der Waals surface area (Å²) in [5.74, 6) is -3.59. The van der Waals surface area contributed by atoms with Crippen molar-refractivity contribution < 1.29 is 23.9 Å². The first-order chi connectivity index (χ1) is 11.1. The van der Waals surface area contributed by atoms with Crippen molar-refractivity contribution in [3.8, 4) is 0 Å². The van der Waals surface area contributed by atoms with Gasteiger partial charge in [-0.05, 0) is 33.3 Å². The summed E-state index contributed by atoms with van der Waals surface area (Å²) in [7, 11) is 1.23. The predicted octanol–water partition coefficient (Wildman–Crippen LogP) is 2.86. The molecule has 5 nitrogen and oxygen atoms in total. The van der Waals surface area contributed by atoms with Crippen LogP contribution in [0.25, 0.3) is 0 Å². The second-order valence-corrected chi connectivity index (χ2v) is 7.02. The third-order valence-electron chi connectivity index (χ3n) is 4.83. The summed E-state index contributed by atoms with van der Waals surface area (Å²) in [5.41, 5.74) is 1.64. The first kappa shape index (κ1) is 18.2. The number of hydrogen-bond acceptors (Lipinski definition) is 5. The molecule has 0 spiro atoms. The summed E-state index contributed by atoms with van der Waals surface area (Å²) >= 11 is 0. The largest absolute Gasteiger partial charge is 0.468 e. The van der Waals surface area contributed by atoms with Crippen LogP contribution in [0.3, 0.4) is 0 Å². The zero-order chi connectivity index (χ0) is 18.2. The highest BCUT2D eigenvalue weighted by molar-refractivity contribution is 6.02. The van der Waals surface area contributed by atoms with Crippen molar-refractivity contribution in [1.82, 2.24) is 0 Å². The number of carbonyl (C=O) groups is 3. The third-order valence-corrected chi connectivity index (χ3v) is 4.83. The van der Waals surface area contributed by atoms with Gasteiger partial charge in [-0.15, -0.1) is 0 Å². The number of rotatable bonds is 4. The summed E-state index contributed by atoms with van der Waals surface area (Å²) < 4.78 is 10.1. The quantitative estimate of drug-likeness (QED) is 0.482. The lowest BCUT2D eigenvalue weighted by Gasteiger charge is -2.30. The Bertz CT molecular complexity index is 689. The van der Waals surface area contributed by atoms with Gasteiger partial charge in [0.25, 0.3) is 0 Å². The number of hydrogen-bond donors (Lipinski definition) is 0. The number of ketones is 1. The molecule has 1 aromatic rings. The van der Waals surface area contributed by atoms with Gasteiger partial charge in [-0.3, -0.25) is 14.4 Å². The Morgan fingerprint density at radius 1 is 1.25 bits per heavy atom. The van der Waals surface area contributed by atoms with Crippen LogP contribution < -0.4 is 0 Å². The molecule has 0 N–H and O–H groups in total. The van der Waals surface area contributed by atoms with Crippen LogP contribution in [0, 0.1) is 31.6 Å². The highest BCUT2D eigenvalue weighted by Crippen LogP contribution is 2.43. The number of carbonyl (C=O) groups excluding carboxylic acids is 3. The average molecular weight is 332 g/mol. The molecule has 1 heterocycles. The van der Waals surface area contributed by atoms with Gasteiger partial charge in [-0.2, -0.15) is 0 Å². The number of methoxy groups -OCH3 is 1. The van der Waals surface area contributed by atoms with Gasteiger partial charge in [-0.25, -0.2) is 0 Å². The van der Waals surface area contributed by atoms with Crippen LogP contribution >= 0.6 is 0 Å². The number of aryl methyl sites for hydroxylation is 2. The summed E-state index contributed by atoms with van der Waals surface area (Å²) in [5, 5.41) is 0. The van der Waals surface area contributed by atoms with E-state index < -0.39 is 35.3 Å². The minimum Gasteiger partial charge on any atom is -0.468 e. The number of Topliss-reactive ketones (excluding diaryl/α,β-unsaturated/α-hetero) is 1. The minimum atomic E-state index is -1.07. The van der Waals surface area contributed by atoms with Crippen LogP contribution in [0.5, 0.6) is 0 Å². The maximum Gasteiger partial charge on any atom is 0.321 e. The van der Waals surface area contributed by atoms with Crippen molar-refractivity contribution in [2.45, 2.75) is 40.2 Å². The van der Waals surface area contributed by atoms with Gasteiger partial charge in [-0.1, -0.05) is 30.7 Å². The number of cyclic esters (lactones) is 1. The predicted molar refractivity (Wildman–Crippen MR) is 88.6 cm³/mol. The molecule has 1 saturated heterocycles. The summed E-state index contributed by atoms with van der Waals surface area (Å²) in [6.07, 6.45) is 0. The molecule has 1 aliphatic rings. The van der Waals surface area contributed by atoms with Gasteiger partial charge < -0.3 is 9.47 Å². The molecule has 0 aromatic heterocycles. The van der Waals surface area contributed by atoms with Crippen LogP contribution in [0.2, 0.25) is 0 Å². The standard InChI is InChI=1S/C19H24O5/c1-10-7-8-13(11(2)9-10)16(20)12(3)15-14(17(21)23-6)18(22)24-19(15,4)5/h7-9,12,14-15H,1-6H3/t12-,14-,15-/m1/s1. The lowest BCUT2D eigenvalue weighted by molar-refractivity contribution is -0.156. The fourth-order valence-electron chi connectivity index (χ4n) is 3.70. The van der Waals surface area contributed by atoms with Crippen LogP contribution in [0.4, 0.5) is 0 Å². The fraction of sp³-hybridized carbons (Fsp3) is 0.526. The molecule has 0 unspecified atom stereocenters. The van der Waals surface area contributed by atoms with Gasteiger partial charge in [0.05, 0.1) is 7.11 Å². The second kappa shape index (κ2) is 6.38. The molecule has 130 valence electrons. The first-order valence-corrected chi connectivity index (χ1v) is 8.02. The minimum absolute atomic E-state index is 0.0993. The lowest BCUT2D eigenvalue weighted by atomic mass is 9.72. The van der Waals surface area contributed by atoms with Gasteiger partial charge >= 0.3 is 11.9 Å². The fourth-order valence-corrected chi connectivity index (χ4v) is 3.70. The van der Waals surface area contributed by atoms with E-state index in [-0.39, 0.29) is 5.78 Å². The van der Waals surface area contributed by atoms with E-state index in [1.165, 1.54) is 7.11 Å². The van der Waals surface area contributed by atoms with Gasteiger partial charge in [0.1, 0.15) is 5.60 Å². The molecule has 2 rings (SSSR count). The van der Waals surface area contributed by atoms with E-state index in [1.807, 2.05) is 26.0 Å². The van der Waals surface area contributed by atoms with Crippen LogP contribution in [-0.4, -0.2) is 30.4 Å². The molecule has 0 saturated carbocycles. The normalized spacial score (nSPS) is 23.5. The Morgan fingerprint density at radius 2 is 1.88 bits per heavy atom. The monoisotopic (exact) mass is 332 g/mol. The Morgan fingerprint density at radius 3 is 2.42 bits per heavy atom. The van der Waals surface area contributed by atoms with Gasteiger partial charge in [0, 0.05) is 17.4 Å². The Kier molecular flexibility index (Phi) is 4.83. The maximum absolute atomic E-state index is 13.0. The molecular formula is C19H24O5. The van der Waals surface area contributed by atoms with Crippen molar-refractivity contribution in [3.05, 3.63) is 34.9 Å². The summed E-state index contributed by atoms with van der Waals surface area (Å²) in [6, 6.07) is 5.62. The number of benzene rings is 1. The lowest BCUT2D eigenvalue weighted by Crippen LogP contribution is -2.41. The molecule has 1 aromatic carbocycles. The Balaban J connectivity index is 2.41. The molecule has 3 atom stereocenters. The van der Waals surface area contributed by atoms with E-state index in [2.05, 4.69) is 0 Å². The number of ether oxygens (including phenoxy) is 2. The third kappa shape index (κ3) is 3.07. The zero-order valence-electron chi connectivity index (χ0n) is 15.0. The van der Waals surface area contributed by atoms with E-state index in [9.17, 15) is 14.4 Å². The van der Waals surface area contributed by atoms with E-state index in [4.69, 9.17) is 9.47 Å². The molecular weight excluding hydrogens is 308 g/mol. The summed E-state index contributed by atoms with van der Waals surface area (Å²) in [6.45, 7) is 9.04. The van der Waals surface area contributed by atoms with E-state index >= 15 is 0 Å². The molecule has 1 aliphatic heterocycles. The highest BCUT2D eigenvalue weighted by atomic mass is 16.6. The molecule has 1 fully saturated rings. The Hall–Kier alpha value is -2.17. The van der Waals surface area contributed by atoms with Gasteiger partial charge in [0.2, 0.25) is 0 Å².